The maximum atomic E-state index is 11.9. The van der Waals surface area contributed by atoms with Crippen molar-refractivity contribution in [3.05, 3.63) is 24.3 Å². The largest absolute Gasteiger partial charge is 0.492 e. The first-order valence-electron chi connectivity index (χ1n) is 6.24. The molecule has 6 nitrogen and oxygen atoms in total. The van der Waals surface area contributed by atoms with E-state index in [1.165, 1.54) is 24.3 Å². The first-order chi connectivity index (χ1) is 9.95. The number of sulfonamides is 1. The molecule has 0 bridgehead atoms. The lowest BCUT2D eigenvalue weighted by Crippen LogP contribution is -2.28. The minimum Gasteiger partial charge on any atom is -0.492 e. The lowest BCUT2D eigenvalue weighted by molar-refractivity contribution is 0.0199. The first kappa shape index (κ1) is 17.8. The van der Waals surface area contributed by atoms with Crippen LogP contribution < -0.4 is 15.2 Å². The van der Waals surface area contributed by atoms with Crippen molar-refractivity contribution in [2.45, 2.75) is 11.3 Å². The lowest BCUT2D eigenvalue weighted by Gasteiger charge is -2.09. The van der Waals surface area contributed by atoms with Gasteiger partial charge in [-0.3, -0.25) is 0 Å². The summed E-state index contributed by atoms with van der Waals surface area (Å²) in [5.41, 5.74) is 5.28. The Labute approximate surface area is 122 Å². The molecule has 0 aliphatic heterocycles. The van der Waals surface area contributed by atoms with E-state index in [0.29, 0.717) is 18.9 Å². The molecule has 0 amide bonds. The van der Waals surface area contributed by atoms with E-state index in [4.69, 9.17) is 10.5 Å². The number of rotatable bonds is 10. The molecule has 1 aromatic carbocycles. The maximum Gasteiger partial charge on any atom is 0.261 e. The van der Waals surface area contributed by atoms with Gasteiger partial charge in [0.15, 0.2) is 0 Å². The molecule has 0 aliphatic carbocycles. The number of alkyl halides is 2. The number of nitrogens with one attached hydrogen (secondary N) is 1. The molecule has 1 aromatic rings. The van der Waals surface area contributed by atoms with E-state index < -0.39 is 23.1 Å². The number of benzene rings is 1. The van der Waals surface area contributed by atoms with Crippen LogP contribution in [-0.2, 0) is 14.8 Å². The molecule has 0 aliphatic rings. The average molecular weight is 324 g/mol. The molecule has 0 saturated heterocycles. The Hall–Kier alpha value is -1.29. The normalized spacial score (nSPS) is 11.8. The van der Waals surface area contributed by atoms with Crippen LogP contribution in [0, 0.1) is 0 Å². The van der Waals surface area contributed by atoms with Gasteiger partial charge in [0.25, 0.3) is 6.43 Å². The van der Waals surface area contributed by atoms with Gasteiger partial charge in [0.05, 0.1) is 11.5 Å². The number of halogens is 2. The molecule has 0 radical (unpaired) electrons. The first-order valence-corrected chi connectivity index (χ1v) is 7.72. The molecule has 0 spiro atoms. The fourth-order valence-electron chi connectivity index (χ4n) is 1.40. The zero-order valence-electron chi connectivity index (χ0n) is 11.3. The van der Waals surface area contributed by atoms with Gasteiger partial charge < -0.3 is 15.2 Å². The van der Waals surface area contributed by atoms with Crippen LogP contribution in [0.3, 0.4) is 0 Å². The minimum atomic E-state index is -3.70. The number of ether oxygens (including phenoxy) is 2. The van der Waals surface area contributed by atoms with Gasteiger partial charge in [-0.1, -0.05) is 0 Å². The summed E-state index contributed by atoms with van der Waals surface area (Å²) in [6, 6.07) is 5.79. The highest BCUT2D eigenvalue weighted by Crippen LogP contribution is 2.15. The lowest BCUT2D eigenvalue weighted by atomic mass is 10.3. The second-order valence-corrected chi connectivity index (χ2v) is 5.74. The summed E-state index contributed by atoms with van der Waals surface area (Å²) in [4.78, 5) is 0.0523. The van der Waals surface area contributed by atoms with Crippen LogP contribution in [0.4, 0.5) is 8.78 Å². The van der Waals surface area contributed by atoms with Crippen molar-refractivity contribution in [3.63, 3.8) is 0 Å². The fourth-order valence-corrected chi connectivity index (χ4v) is 2.41. The van der Waals surface area contributed by atoms with Crippen molar-refractivity contribution >= 4 is 10.0 Å². The van der Waals surface area contributed by atoms with Crippen molar-refractivity contribution in [2.24, 2.45) is 5.73 Å². The Morgan fingerprint density at radius 2 is 1.86 bits per heavy atom. The summed E-state index contributed by atoms with van der Waals surface area (Å²) in [6.45, 7) is -0.220. The Morgan fingerprint density at radius 3 is 2.43 bits per heavy atom. The third-order valence-corrected chi connectivity index (χ3v) is 3.78. The van der Waals surface area contributed by atoms with Crippen LogP contribution in [0.1, 0.15) is 0 Å². The van der Waals surface area contributed by atoms with Crippen molar-refractivity contribution < 1.29 is 26.7 Å². The summed E-state index contributed by atoms with van der Waals surface area (Å²) >= 11 is 0. The van der Waals surface area contributed by atoms with Crippen molar-refractivity contribution in [1.82, 2.24) is 4.72 Å². The van der Waals surface area contributed by atoms with Gasteiger partial charge >= 0.3 is 0 Å². The fraction of sp³-hybridized carbons (Fsp3) is 0.500. The molecule has 120 valence electrons. The highest BCUT2D eigenvalue weighted by Gasteiger charge is 2.13. The van der Waals surface area contributed by atoms with Crippen molar-refractivity contribution in [3.8, 4) is 5.75 Å². The van der Waals surface area contributed by atoms with E-state index in [0.717, 1.165) is 0 Å². The van der Waals surface area contributed by atoms with Gasteiger partial charge in [0.1, 0.15) is 19.0 Å². The van der Waals surface area contributed by atoms with Crippen molar-refractivity contribution in [2.75, 3.05) is 32.9 Å². The number of hydrogen-bond donors (Lipinski definition) is 2. The van der Waals surface area contributed by atoms with Crippen LogP contribution in [-0.4, -0.2) is 47.8 Å². The Kier molecular flexibility index (Phi) is 7.51. The second kappa shape index (κ2) is 8.88. The smallest absolute Gasteiger partial charge is 0.261 e. The van der Waals surface area contributed by atoms with Gasteiger partial charge in [-0.25, -0.2) is 21.9 Å². The summed E-state index contributed by atoms with van der Waals surface area (Å²) in [6.07, 6.45) is -2.57. The molecule has 0 aromatic heterocycles. The summed E-state index contributed by atoms with van der Waals surface area (Å²) in [7, 11) is -3.70. The van der Waals surface area contributed by atoms with Crippen LogP contribution in [0.15, 0.2) is 29.2 Å². The van der Waals surface area contributed by atoms with Gasteiger partial charge in [0, 0.05) is 13.1 Å². The molecule has 21 heavy (non-hydrogen) atoms. The summed E-state index contributed by atoms with van der Waals surface area (Å²) in [5, 5.41) is 0. The third-order valence-electron chi connectivity index (χ3n) is 2.30. The van der Waals surface area contributed by atoms with E-state index in [2.05, 4.69) is 9.46 Å². The molecule has 3 N–H and O–H groups in total. The van der Waals surface area contributed by atoms with Crippen LogP contribution in [0.2, 0.25) is 0 Å². The Morgan fingerprint density at radius 1 is 1.19 bits per heavy atom. The quantitative estimate of drug-likeness (QED) is 0.615. The van der Waals surface area contributed by atoms with Crippen LogP contribution in [0.25, 0.3) is 0 Å². The summed E-state index contributed by atoms with van der Waals surface area (Å²) < 4.78 is 59.4. The Balaban J connectivity index is 2.46. The predicted octanol–water partition coefficient (Wildman–Crippen LogP) is 0.584. The molecular weight excluding hydrogens is 306 g/mol. The van der Waals surface area contributed by atoms with Gasteiger partial charge in [-0.2, -0.15) is 0 Å². The number of hydrogen-bond acceptors (Lipinski definition) is 5. The molecule has 0 saturated carbocycles. The monoisotopic (exact) mass is 324 g/mol. The molecular formula is C12H18F2N2O4S. The highest BCUT2D eigenvalue weighted by molar-refractivity contribution is 7.89. The summed E-state index contributed by atoms with van der Waals surface area (Å²) in [5.74, 6) is 0.514. The van der Waals surface area contributed by atoms with Crippen LogP contribution in [0.5, 0.6) is 5.75 Å². The minimum absolute atomic E-state index is 0.0523. The average Bonchev–Trinajstić information content (AvgIpc) is 2.44. The van der Waals surface area contributed by atoms with Gasteiger partial charge in [0.2, 0.25) is 10.0 Å². The molecule has 1 rings (SSSR count). The highest BCUT2D eigenvalue weighted by atomic mass is 32.2. The molecule has 0 unspecified atom stereocenters. The zero-order valence-corrected chi connectivity index (χ0v) is 12.1. The second-order valence-electron chi connectivity index (χ2n) is 3.97. The van der Waals surface area contributed by atoms with Crippen molar-refractivity contribution in [1.29, 1.82) is 0 Å². The molecule has 0 atom stereocenters. The van der Waals surface area contributed by atoms with E-state index in [1.54, 1.807) is 0 Å². The number of nitrogens with two attached hydrogens (primary N) is 1. The zero-order chi connectivity index (χ0) is 15.7. The predicted molar refractivity (Wildman–Crippen MR) is 73.0 cm³/mol. The molecule has 9 heteroatoms. The van der Waals surface area contributed by atoms with Crippen LogP contribution >= 0.6 is 0 Å². The van der Waals surface area contributed by atoms with E-state index >= 15 is 0 Å². The van der Waals surface area contributed by atoms with Gasteiger partial charge in [-0.05, 0) is 24.3 Å². The SMILES string of the molecule is NCCOc1ccc(S(=O)(=O)NCCOCC(F)F)cc1. The van der Waals surface area contributed by atoms with Gasteiger partial charge in [-0.15, -0.1) is 0 Å². The topological polar surface area (TPSA) is 90.7 Å². The maximum absolute atomic E-state index is 11.9. The molecule has 0 fully saturated rings. The molecule has 0 heterocycles. The van der Waals surface area contributed by atoms with E-state index in [9.17, 15) is 17.2 Å². The third kappa shape index (κ3) is 6.80. The van der Waals surface area contributed by atoms with E-state index in [-0.39, 0.29) is 18.0 Å². The standard InChI is InChI=1S/C12H18F2N2O4S/c13-12(14)9-19-8-6-16-21(17,18)11-3-1-10(2-4-11)20-7-5-15/h1-4,12,16H,5-9,15H2. The van der Waals surface area contributed by atoms with E-state index in [1.807, 2.05) is 0 Å². The Bertz CT molecular complexity index is 508.